The predicted octanol–water partition coefficient (Wildman–Crippen LogP) is 2.25. The van der Waals surface area contributed by atoms with Gasteiger partial charge in [-0.1, -0.05) is 18.5 Å². The standard InChI is InChI=1S/C18H22ClN3O5/c1-3-11(2)20-18(26)21-15(23)10-27-17(25)12-6-7-13(19)14(9-12)22-8-4-5-16(22)24/h6-7,9,11H,3-5,8,10H2,1-2H3,(H2,20,21,23,26)/t11-/m0/s1. The second-order valence-corrected chi connectivity index (χ2v) is 6.63. The summed E-state index contributed by atoms with van der Waals surface area (Å²) in [7, 11) is 0. The molecule has 27 heavy (non-hydrogen) atoms. The third-order valence-corrected chi connectivity index (χ3v) is 4.44. The van der Waals surface area contributed by atoms with Crippen molar-refractivity contribution in [2.75, 3.05) is 18.1 Å². The lowest BCUT2D eigenvalue weighted by atomic mass is 10.2. The molecule has 0 aliphatic carbocycles. The van der Waals surface area contributed by atoms with Crippen molar-refractivity contribution in [1.82, 2.24) is 10.6 Å². The SMILES string of the molecule is CC[C@H](C)NC(=O)NC(=O)COC(=O)c1ccc(Cl)c(N2CCCC2=O)c1. The molecule has 0 spiro atoms. The van der Waals surface area contributed by atoms with Gasteiger partial charge in [0.15, 0.2) is 6.61 Å². The zero-order chi connectivity index (χ0) is 20.0. The maximum atomic E-state index is 12.2. The Labute approximate surface area is 162 Å². The lowest BCUT2D eigenvalue weighted by Crippen LogP contribution is -2.44. The minimum Gasteiger partial charge on any atom is -0.452 e. The van der Waals surface area contributed by atoms with Gasteiger partial charge in [0.1, 0.15) is 0 Å². The van der Waals surface area contributed by atoms with Gasteiger partial charge in [0.25, 0.3) is 5.91 Å². The summed E-state index contributed by atoms with van der Waals surface area (Å²) in [5.41, 5.74) is 0.594. The van der Waals surface area contributed by atoms with E-state index in [9.17, 15) is 19.2 Å². The smallest absolute Gasteiger partial charge is 0.338 e. The molecule has 1 aromatic carbocycles. The van der Waals surface area contributed by atoms with Crippen molar-refractivity contribution >= 4 is 41.1 Å². The van der Waals surface area contributed by atoms with Gasteiger partial charge >= 0.3 is 12.0 Å². The van der Waals surface area contributed by atoms with Gasteiger partial charge in [-0.3, -0.25) is 14.9 Å². The molecule has 1 aliphatic rings. The van der Waals surface area contributed by atoms with Crippen molar-refractivity contribution in [1.29, 1.82) is 0 Å². The fraction of sp³-hybridized carbons (Fsp3) is 0.444. The summed E-state index contributed by atoms with van der Waals surface area (Å²) in [6, 6.07) is 3.68. The van der Waals surface area contributed by atoms with Crippen molar-refractivity contribution in [2.24, 2.45) is 0 Å². The molecule has 1 aliphatic heterocycles. The Bertz CT molecular complexity index is 753. The number of benzene rings is 1. The van der Waals surface area contributed by atoms with E-state index >= 15 is 0 Å². The van der Waals surface area contributed by atoms with Crippen molar-refractivity contribution in [3.63, 3.8) is 0 Å². The van der Waals surface area contributed by atoms with Crippen LogP contribution in [0.2, 0.25) is 5.02 Å². The molecule has 8 nitrogen and oxygen atoms in total. The Balaban J connectivity index is 1.93. The number of ether oxygens (including phenoxy) is 1. The van der Waals surface area contributed by atoms with Crippen molar-refractivity contribution < 1.29 is 23.9 Å². The molecular formula is C18H22ClN3O5. The summed E-state index contributed by atoms with van der Waals surface area (Å²) >= 11 is 6.13. The first-order chi connectivity index (χ1) is 12.8. The number of hydrogen-bond acceptors (Lipinski definition) is 5. The average molecular weight is 396 g/mol. The largest absolute Gasteiger partial charge is 0.452 e. The first-order valence-electron chi connectivity index (χ1n) is 8.69. The number of amides is 4. The quantitative estimate of drug-likeness (QED) is 0.719. The molecule has 0 saturated carbocycles. The Kier molecular flexibility index (Phi) is 7.18. The number of carbonyl (C=O) groups excluding carboxylic acids is 4. The van der Waals surface area contributed by atoms with Gasteiger partial charge in [0, 0.05) is 19.0 Å². The summed E-state index contributed by atoms with van der Waals surface area (Å²) in [5.74, 6) is -1.56. The molecule has 1 heterocycles. The number of nitrogens with one attached hydrogen (secondary N) is 2. The molecule has 9 heteroatoms. The number of esters is 1. The lowest BCUT2D eigenvalue weighted by molar-refractivity contribution is -0.123. The van der Waals surface area contributed by atoms with E-state index in [2.05, 4.69) is 10.6 Å². The summed E-state index contributed by atoms with van der Waals surface area (Å²) in [4.78, 5) is 48.8. The highest BCUT2D eigenvalue weighted by Crippen LogP contribution is 2.30. The number of hydrogen-bond donors (Lipinski definition) is 2. The van der Waals surface area contributed by atoms with Gasteiger partial charge in [-0.2, -0.15) is 0 Å². The van der Waals surface area contributed by atoms with Crippen molar-refractivity contribution in [3.05, 3.63) is 28.8 Å². The third-order valence-electron chi connectivity index (χ3n) is 4.12. The van der Waals surface area contributed by atoms with E-state index in [0.29, 0.717) is 23.7 Å². The molecule has 2 rings (SSSR count). The average Bonchev–Trinajstić information content (AvgIpc) is 3.05. The van der Waals surface area contributed by atoms with Gasteiger partial charge in [0.2, 0.25) is 5.91 Å². The molecule has 0 bridgehead atoms. The number of nitrogens with zero attached hydrogens (tertiary/aromatic N) is 1. The van der Waals surface area contributed by atoms with E-state index in [4.69, 9.17) is 16.3 Å². The van der Waals surface area contributed by atoms with Crippen molar-refractivity contribution in [2.45, 2.75) is 39.2 Å². The summed E-state index contributed by atoms with van der Waals surface area (Å²) in [6.45, 7) is 3.62. The number of carbonyl (C=O) groups is 4. The molecule has 1 fully saturated rings. The minimum absolute atomic E-state index is 0.0610. The van der Waals surface area contributed by atoms with E-state index in [0.717, 1.165) is 12.8 Å². The highest BCUT2D eigenvalue weighted by Gasteiger charge is 2.25. The van der Waals surface area contributed by atoms with E-state index in [1.165, 1.54) is 23.1 Å². The van der Waals surface area contributed by atoms with Gasteiger partial charge < -0.3 is 15.0 Å². The van der Waals surface area contributed by atoms with Crippen molar-refractivity contribution in [3.8, 4) is 0 Å². The molecule has 1 saturated heterocycles. The fourth-order valence-electron chi connectivity index (χ4n) is 2.49. The maximum absolute atomic E-state index is 12.2. The van der Waals surface area contributed by atoms with E-state index in [1.807, 2.05) is 6.92 Å². The van der Waals surface area contributed by atoms with Gasteiger partial charge in [-0.25, -0.2) is 9.59 Å². The molecule has 146 valence electrons. The van der Waals surface area contributed by atoms with Crippen LogP contribution in [-0.4, -0.2) is 43.0 Å². The zero-order valence-electron chi connectivity index (χ0n) is 15.2. The van der Waals surface area contributed by atoms with Gasteiger partial charge in [0.05, 0.1) is 16.3 Å². The highest BCUT2D eigenvalue weighted by atomic mass is 35.5. The van der Waals surface area contributed by atoms with Crippen LogP contribution < -0.4 is 15.5 Å². The minimum atomic E-state index is -0.753. The third kappa shape index (κ3) is 5.68. The van der Waals surface area contributed by atoms with E-state index < -0.39 is 24.5 Å². The first-order valence-corrected chi connectivity index (χ1v) is 9.07. The topological polar surface area (TPSA) is 105 Å². The number of rotatable bonds is 6. The fourth-order valence-corrected chi connectivity index (χ4v) is 2.71. The second-order valence-electron chi connectivity index (χ2n) is 6.22. The molecular weight excluding hydrogens is 374 g/mol. The van der Waals surface area contributed by atoms with Crippen LogP contribution in [0.3, 0.4) is 0 Å². The Morgan fingerprint density at radius 3 is 2.70 bits per heavy atom. The number of imide groups is 1. The monoisotopic (exact) mass is 395 g/mol. The van der Waals surface area contributed by atoms with Crippen LogP contribution in [0.1, 0.15) is 43.5 Å². The molecule has 1 atom stereocenters. The molecule has 0 radical (unpaired) electrons. The van der Waals surface area contributed by atoms with E-state index in [-0.39, 0.29) is 17.5 Å². The molecule has 2 N–H and O–H groups in total. The lowest BCUT2D eigenvalue weighted by Gasteiger charge is -2.18. The highest BCUT2D eigenvalue weighted by molar-refractivity contribution is 6.34. The summed E-state index contributed by atoms with van der Waals surface area (Å²) in [6.07, 6.45) is 1.88. The number of halogens is 1. The number of urea groups is 1. The number of anilines is 1. The zero-order valence-corrected chi connectivity index (χ0v) is 16.0. The van der Waals surface area contributed by atoms with Crippen LogP contribution in [0.15, 0.2) is 18.2 Å². The van der Waals surface area contributed by atoms with Gasteiger partial charge in [-0.05, 0) is 38.0 Å². The molecule has 0 aromatic heterocycles. The molecule has 1 aromatic rings. The predicted molar refractivity (Wildman–Crippen MR) is 99.7 cm³/mol. The second kappa shape index (κ2) is 9.36. The Hall–Kier alpha value is -2.61. The molecule has 0 unspecified atom stereocenters. The Morgan fingerprint density at radius 1 is 1.33 bits per heavy atom. The van der Waals surface area contributed by atoms with Crippen LogP contribution in [0.4, 0.5) is 10.5 Å². The summed E-state index contributed by atoms with van der Waals surface area (Å²) in [5, 5.41) is 5.00. The Morgan fingerprint density at radius 2 is 2.07 bits per heavy atom. The first kappa shape index (κ1) is 20.7. The van der Waals surface area contributed by atoms with E-state index in [1.54, 1.807) is 6.92 Å². The normalized spacial score (nSPS) is 14.6. The van der Waals surface area contributed by atoms with Crippen LogP contribution in [0.25, 0.3) is 0 Å². The van der Waals surface area contributed by atoms with Crippen LogP contribution in [0, 0.1) is 0 Å². The maximum Gasteiger partial charge on any atom is 0.338 e. The van der Waals surface area contributed by atoms with Crippen LogP contribution in [-0.2, 0) is 14.3 Å². The summed E-state index contributed by atoms with van der Waals surface area (Å²) < 4.78 is 4.93. The van der Waals surface area contributed by atoms with Crippen LogP contribution in [0.5, 0.6) is 0 Å². The molecule has 4 amide bonds. The van der Waals surface area contributed by atoms with Crippen LogP contribution >= 0.6 is 11.6 Å². The van der Waals surface area contributed by atoms with Gasteiger partial charge in [-0.15, -0.1) is 0 Å².